The van der Waals surface area contributed by atoms with Crippen molar-refractivity contribution in [2.24, 2.45) is 5.92 Å². The van der Waals surface area contributed by atoms with Gasteiger partial charge in [-0.2, -0.15) is 0 Å². The smallest absolute Gasteiger partial charge is 0.347 e. The molecular formula is C21H27NO4S2. The van der Waals surface area contributed by atoms with Crippen LogP contribution in [0.3, 0.4) is 0 Å². The van der Waals surface area contributed by atoms with E-state index in [2.05, 4.69) is 18.8 Å². The van der Waals surface area contributed by atoms with Gasteiger partial charge in [-0.15, -0.1) is 11.3 Å². The first-order chi connectivity index (χ1) is 13.5. The molecule has 0 saturated carbocycles. The molecule has 0 amide bonds. The minimum atomic E-state index is -1.01. The molecule has 1 unspecified atom stereocenters. The van der Waals surface area contributed by atoms with Gasteiger partial charge in [0.25, 0.3) is 0 Å². The second kappa shape index (κ2) is 11.2. The monoisotopic (exact) mass is 421 g/mol. The van der Waals surface area contributed by atoms with Gasteiger partial charge in [0.15, 0.2) is 4.34 Å². The number of rotatable bonds is 11. The Labute approximate surface area is 174 Å². The molecule has 1 N–H and O–H groups in total. The molecule has 2 aromatic rings. The summed E-state index contributed by atoms with van der Waals surface area (Å²) in [5, 5.41) is 9.52. The second-order valence-corrected chi connectivity index (χ2v) is 8.69. The number of aromatic nitrogens is 1. The summed E-state index contributed by atoms with van der Waals surface area (Å²) in [6.45, 7) is 5.72. The standard InChI is InChI=1S/C21H27NO4S2/c1-4-6-10-15(11-7-5-2)18(14(3)19(23)24)20(25)26-28-21-22-16-12-8-9-13-17(16)27-21/h8-9,12-14H,4-7,10-11H2,1-3H3,(H,23,24). The molecule has 0 aliphatic heterocycles. The van der Waals surface area contributed by atoms with Crippen molar-refractivity contribution in [2.45, 2.75) is 63.6 Å². The lowest BCUT2D eigenvalue weighted by molar-refractivity contribution is -0.142. The largest absolute Gasteiger partial charge is 0.481 e. The van der Waals surface area contributed by atoms with Crippen LogP contribution in [-0.4, -0.2) is 22.0 Å². The minimum absolute atomic E-state index is 0.294. The van der Waals surface area contributed by atoms with Crippen molar-refractivity contribution >= 4 is 45.5 Å². The van der Waals surface area contributed by atoms with Crippen molar-refractivity contribution in [2.75, 3.05) is 0 Å². The summed E-state index contributed by atoms with van der Waals surface area (Å²) in [5.74, 6) is -2.48. The normalized spacial score (nSPS) is 12.0. The van der Waals surface area contributed by atoms with Crippen LogP contribution in [-0.2, 0) is 13.8 Å². The van der Waals surface area contributed by atoms with E-state index in [9.17, 15) is 14.7 Å². The molecule has 152 valence electrons. The average Bonchev–Trinajstić information content (AvgIpc) is 3.10. The Kier molecular flexibility index (Phi) is 8.99. The van der Waals surface area contributed by atoms with E-state index in [-0.39, 0.29) is 0 Å². The summed E-state index contributed by atoms with van der Waals surface area (Å²) in [7, 11) is 0. The number of allylic oxidation sites excluding steroid dienone is 1. The number of aliphatic carboxylic acids is 1. The van der Waals surface area contributed by atoms with Crippen LogP contribution in [0.15, 0.2) is 39.8 Å². The number of para-hydroxylation sites is 1. The molecule has 0 fully saturated rings. The van der Waals surface area contributed by atoms with Crippen LogP contribution >= 0.6 is 23.4 Å². The third-order valence-corrected chi connectivity index (χ3v) is 6.29. The molecule has 1 heterocycles. The molecule has 1 aromatic heterocycles. The van der Waals surface area contributed by atoms with E-state index >= 15 is 0 Å². The highest BCUT2D eigenvalue weighted by molar-refractivity contribution is 7.97. The number of fused-ring (bicyclic) bond motifs is 1. The molecule has 5 nitrogen and oxygen atoms in total. The summed E-state index contributed by atoms with van der Waals surface area (Å²) in [5.41, 5.74) is 2.06. The summed E-state index contributed by atoms with van der Waals surface area (Å²) in [6, 6.07) is 7.71. The van der Waals surface area contributed by atoms with Crippen molar-refractivity contribution in [1.29, 1.82) is 0 Å². The second-order valence-electron chi connectivity index (χ2n) is 6.69. The maximum absolute atomic E-state index is 12.9. The molecular weight excluding hydrogens is 394 g/mol. The van der Waals surface area contributed by atoms with Gasteiger partial charge < -0.3 is 9.29 Å². The molecule has 0 aliphatic rings. The summed E-state index contributed by atoms with van der Waals surface area (Å²) >= 11 is 2.35. The van der Waals surface area contributed by atoms with Crippen molar-refractivity contribution in [1.82, 2.24) is 4.98 Å². The topological polar surface area (TPSA) is 76.5 Å². The number of hydrogen-bond donors (Lipinski definition) is 1. The van der Waals surface area contributed by atoms with E-state index in [1.165, 1.54) is 11.3 Å². The van der Waals surface area contributed by atoms with E-state index in [0.29, 0.717) is 9.91 Å². The van der Waals surface area contributed by atoms with E-state index in [1.807, 2.05) is 24.3 Å². The highest BCUT2D eigenvalue weighted by Crippen LogP contribution is 2.32. The van der Waals surface area contributed by atoms with Crippen molar-refractivity contribution in [3.63, 3.8) is 0 Å². The summed E-state index contributed by atoms with van der Waals surface area (Å²) in [6.07, 6.45) is 5.27. The molecule has 1 atom stereocenters. The summed E-state index contributed by atoms with van der Waals surface area (Å²) < 4.78 is 7.08. The maximum atomic E-state index is 12.9. The predicted molar refractivity (Wildman–Crippen MR) is 114 cm³/mol. The number of hydrogen-bond acceptors (Lipinski definition) is 6. The van der Waals surface area contributed by atoms with Gasteiger partial charge in [0.1, 0.15) is 12.0 Å². The third-order valence-electron chi connectivity index (χ3n) is 4.53. The van der Waals surface area contributed by atoms with E-state index in [0.717, 1.165) is 66.4 Å². The van der Waals surface area contributed by atoms with Crippen LogP contribution in [0.4, 0.5) is 0 Å². The molecule has 0 bridgehead atoms. The highest BCUT2D eigenvalue weighted by Gasteiger charge is 2.28. The predicted octanol–water partition coefficient (Wildman–Crippen LogP) is 6.24. The molecule has 0 spiro atoms. The van der Waals surface area contributed by atoms with Crippen molar-refractivity contribution < 1.29 is 18.9 Å². The van der Waals surface area contributed by atoms with Gasteiger partial charge in [0.05, 0.1) is 21.7 Å². The van der Waals surface area contributed by atoms with Gasteiger partial charge in [-0.3, -0.25) is 4.79 Å². The molecule has 1 aromatic carbocycles. The lowest BCUT2D eigenvalue weighted by atomic mass is 9.90. The first-order valence-electron chi connectivity index (χ1n) is 9.67. The number of unbranched alkanes of at least 4 members (excludes halogenated alkanes) is 2. The zero-order valence-corrected chi connectivity index (χ0v) is 18.2. The molecule has 0 saturated heterocycles. The number of carbonyl (C=O) groups excluding carboxylic acids is 1. The van der Waals surface area contributed by atoms with Crippen molar-refractivity contribution in [3.8, 4) is 0 Å². The Morgan fingerprint density at radius 1 is 1.18 bits per heavy atom. The van der Waals surface area contributed by atoms with Crippen LogP contribution in [0.2, 0.25) is 0 Å². The molecule has 0 aliphatic carbocycles. The molecule has 28 heavy (non-hydrogen) atoms. The lowest BCUT2D eigenvalue weighted by Crippen LogP contribution is -2.21. The van der Waals surface area contributed by atoms with Crippen molar-refractivity contribution in [3.05, 3.63) is 35.4 Å². The van der Waals surface area contributed by atoms with Crippen LogP contribution in [0.1, 0.15) is 59.3 Å². The number of nitrogens with zero attached hydrogens (tertiary/aromatic N) is 1. The Morgan fingerprint density at radius 3 is 2.39 bits per heavy atom. The average molecular weight is 422 g/mol. The fraction of sp³-hybridized carbons (Fsp3) is 0.476. The molecule has 2 rings (SSSR count). The first-order valence-corrected chi connectivity index (χ1v) is 11.2. The number of carboxylic acid groups (broad SMARTS) is 1. The minimum Gasteiger partial charge on any atom is -0.481 e. The van der Waals surface area contributed by atoms with Gasteiger partial charge in [-0.05, 0) is 44.7 Å². The first kappa shape index (κ1) is 22.4. The number of benzene rings is 1. The van der Waals surface area contributed by atoms with Crippen LogP contribution in [0.5, 0.6) is 0 Å². The Balaban J connectivity index is 2.23. The Morgan fingerprint density at radius 2 is 1.82 bits per heavy atom. The molecule has 7 heteroatoms. The number of thiazole rings is 1. The number of carbonyl (C=O) groups is 2. The highest BCUT2D eigenvalue weighted by atomic mass is 32.2. The zero-order valence-electron chi connectivity index (χ0n) is 16.6. The Hall–Kier alpha value is -1.86. The number of carboxylic acids is 1. The fourth-order valence-electron chi connectivity index (χ4n) is 2.93. The quantitative estimate of drug-likeness (QED) is 0.342. The van der Waals surface area contributed by atoms with Crippen LogP contribution < -0.4 is 0 Å². The zero-order chi connectivity index (χ0) is 20.5. The van der Waals surface area contributed by atoms with Gasteiger partial charge >= 0.3 is 11.9 Å². The summed E-state index contributed by atoms with van der Waals surface area (Å²) in [4.78, 5) is 28.9. The van der Waals surface area contributed by atoms with Gasteiger partial charge in [0.2, 0.25) is 0 Å². The van der Waals surface area contributed by atoms with E-state index < -0.39 is 17.9 Å². The Bertz CT molecular complexity index is 801. The fourth-order valence-corrected chi connectivity index (χ4v) is 4.51. The van der Waals surface area contributed by atoms with Gasteiger partial charge in [-0.1, -0.05) is 44.4 Å². The third kappa shape index (κ3) is 6.07. The van der Waals surface area contributed by atoms with Gasteiger partial charge in [-0.25, -0.2) is 9.78 Å². The van der Waals surface area contributed by atoms with E-state index in [1.54, 1.807) is 6.92 Å². The lowest BCUT2D eigenvalue weighted by Gasteiger charge is -2.17. The SMILES string of the molecule is CCCCC(CCCC)=C(C(=O)OSc1nc2ccccc2s1)C(C)C(=O)O. The van der Waals surface area contributed by atoms with Crippen LogP contribution in [0, 0.1) is 5.92 Å². The molecule has 0 radical (unpaired) electrons. The maximum Gasteiger partial charge on any atom is 0.347 e. The van der Waals surface area contributed by atoms with E-state index in [4.69, 9.17) is 4.18 Å². The van der Waals surface area contributed by atoms with Gasteiger partial charge in [0, 0.05) is 0 Å². The van der Waals surface area contributed by atoms with Crippen LogP contribution in [0.25, 0.3) is 10.2 Å².